The smallest absolute Gasteiger partial charge is 0.373 e. The summed E-state index contributed by atoms with van der Waals surface area (Å²) in [7, 11) is 0. The molecule has 21 heavy (non-hydrogen) atoms. The van der Waals surface area contributed by atoms with E-state index in [1.54, 1.807) is 0 Å². The Bertz CT molecular complexity index is 676. The molecule has 1 aromatic carbocycles. The van der Waals surface area contributed by atoms with E-state index in [1.165, 1.54) is 0 Å². The highest BCUT2D eigenvalue weighted by Gasteiger charge is 2.51. The van der Waals surface area contributed by atoms with Gasteiger partial charge >= 0.3 is 5.97 Å². The molecule has 0 radical (unpaired) electrons. The topological polar surface area (TPSA) is 63.3 Å². The van der Waals surface area contributed by atoms with Crippen LogP contribution in [0.3, 0.4) is 0 Å². The third-order valence-electron chi connectivity index (χ3n) is 4.02. The second kappa shape index (κ2) is 4.45. The Morgan fingerprint density at radius 2 is 1.86 bits per heavy atom. The summed E-state index contributed by atoms with van der Waals surface area (Å²) in [6, 6.07) is 10.0. The lowest BCUT2D eigenvalue weighted by Gasteiger charge is -2.15. The van der Waals surface area contributed by atoms with Gasteiger partial charge in [-0.25, -0.2) is 9.78 Å². The van der Waals surface area contributed by atoms with Gasteiger partial charge in [0.2, 0.25) is 11.7 Å². The minimum absolute atomic E-state index is 0.0280. The molecule has 0 bridgehead atoms. The molecule has 4 nitrogen and oxygen atoms in total. The Morgan fingerprint density at radius 3 is 2.29 bits per heavy atom. The van der Waals surface area contributed by atoms with Crippen molar-refractivity contribution in [3.63, 3.8) is 0 Å². The number of carboxylic acids is 1. The van der Waals surface area contributed by atoms with Crippen LogP contribution in [0, 0.1) is 0 Å². The molecule has 0 unspecified atom stereocenters. The quantitative estimate of drug-likeness (QED) is 0.932. The highest BCUT2D eigenvalue weighted by atomic mass is 16.4. The van der Waals surface area contributed by atoms with Gasteiger partial charge in [-0.05, 0) is 18.4 Å². The fourth-order valence-corrected chi connectivity index (χ4v) is 2.69. The van der Waals surface area contributed by atoms with Gasteiger partial charge in [-0.3, -0.25) is 0 Å². The molecule has 1 aromatic heterocycles. The number of benzene rings is 1. The number of nitrogens with zero attached hydrogens (tertiary/aromatic N) is 1. The molecule has 3 rings (SSSR count). The highest BCUT2D eigenvalue weighted by Crippen LogP contribution is 2.53. The number of aromatic nitrogens is 1. The molecule has 1 fully saturated rings. The maximum Gasteiger partial charge on any atom is 0.373 e. The minimum Gasteiger partial charge on any atom is -0.475 e. The van der Waals surface area contributed by atoms with Gasteiger partial charge in [0, 0.05) is 5.41 Å². The fraction of sp³-hybridized carbons (Fsp3) is 0.412. The van der Waals surface area contributed by atoms with Crippen molar-refractivity contribution < 1.29 is 14.3 Å². The summed E-state index contributed by atoms with van der Waals surface area (Å²) in [5, 5.41) is 9.37. The molecular weight excluding hydrogens is 266 g/mol. The predicted molar refractivity (Wildman–Crippen MR) is 78.6 cm³/mol. The molecule has 1 N–H and O–H groups in total. The first kappa shape index (κ1) is 13.9. The molecule has 1 heterocycles. The van der Waals surface area contributed by atoms with E-state index in [2.05, 4.69) is 17.1 Å². The number of hydrogen-bond donors (Lipinski definition) is 1. The SMILES string of the molecule is CC(C)(C)c1nc(C2(c3ccccc3)CC2)oc1C(=O)O. The Morgan fingerprint density at radius 1 is 1.24 bits per heavy atom. The Hall–Kier alpha value is -2.10. The molecule has 110 valence electrons. The van der Waals surface area contributed by atoms with Crippen molar-refractivity contribution in [2.24, 2.45) is 0 Å². The lowest BCUT2D eigenvalue weighted by Crippen LogP contribution is -2.17. The lowest BCUT2D eigenvalue weighted by atomic mass is 9.91. The van der Waals surface area contributed by atoms with E-state index >= 15 is 0 Å². The molecule has 0 atom stereocenters. The number of oxazole rings is 1. The van der Waals surface area contributed by atoms with Crippen LogP contribution in [-0.4, -0.2) is 16.1 Å². The van der Waals surface area contributed by atoms with Crippen LogP contribution >= 0.6 is 0 Å². The number of carboxylic acid groups (broad SMARTS) is 1. The van der Waals surface area contributed by atoms with Gasteiger partial charge in [-0.1, -0.05) is 51.1 Å². The zero-order valence-electron chi connectivity index (χ0n) is 12.5. The number of rotatable bonds is 3. The monoisotopic (exact) mass is 285 g/mol. The van der Waals surface area contributed by atoms with Crippen molar-refractivity contribution in [3.8, 4) is 0 Å². The van der Waals surface area contributed by atoms with Crippen LogP contribution in [0.4, 0.5) is 0 Å². The van der Waals surface area contributed by atoms with Crippen LogP contribution in [0.25, 0.3) is 0 Å². The van der Waals surface area contributed by atoms with Gasteiger partial charge in [0.1, 0.15) is 0 Å². The summed E-state index contributed by atoms with van der Waals surface area (Å²) < 4.78 is 5.67. The van der Waals surface area contributed by atoms with E-state index < -0.39 is 5.97 Å². The van der Waals surface area contributed by atoms with Crippen molar-refractivity contribution in [2.75, 3.05) is 0 Å². The molecule has 1 saturated carbocycles. The fourth-order valence-electron chi connectivity index (χ4n) is 2.69. The molecule has 1 aliphatic carbocycles. The lowest BCUT2D eigenvalue weighted by molar-refractivity contribution is 0.0656. The van der Waals surface area contributed by atoms with Gasteiger partial charge in [-0.15, -0.1) is 0 Å². The van der Waals surface area contributed by atoms with Crippen LogP contribution in [0.1, 0.15) is 61.3 Å². The summed E-state index contributed by atoms with van der Waals surface area (Å²) in [5.41, 5.74) is 1.06. The van der Waals surface area contributed by atoms with Gasteiger partial charge < -0.3 is 9.52 Å². The summed E-state index contributed by atoms with van der Waals surface area (Å²) in [6.45, 7) is 5.84. The molecule has 0 saturated heterocycles. The molecule has 0 spiro atoms. The van der Waals surface area contributed by atoms with Crippen molar-refractivity contribution in [1.82, 2.24) is 4.98 Å². The minimum atomic E-state index is -1.05. The van der Waals surface area contributed by atoms with Crippen molar-refractivity contribution >= 4 is 5.97 Å². The van der Waals surface area contributed by atoms with E-state index in [0.29, 0.717) is 11.6 Å². The molecule has 4 heteroatoms. The summed E-state index contributed by atoms with van der Waals surface area (Å²) in [6.07, 6.45) is 1.89. The zero-order valence-corrected chi connectivity index (χ0v) is 12.5. The van der Waals surface area contributed by atoms with Crippen LogP contribution in [0.2, 0.25) is 0 Å². The van der Waals surface area contributed by atoms with E-state index in [0.717, 1.165) is 18.4 Å². The van der Waals surface area contributed by atoms with E-state index in [4.69, 9.17) is 4.42 Å². The predicted octanol–water partition coefficient (Wildman–Crippen LogP) is 3.75. The normalized spacial score (nSPS) is 16.7. The van der Waals surface area contributed by atoms with Crippen molar-refractivity contribution in [1.29, 1.82) is 0 Å². The van der Waals surface area contributed by atoms with E-state index in [1.807, 2.05) is 39.0 Å². The van der Waals surface area contributed by atoms with Gasteiger partial charge in [0.15, 0.2) is 0 Å². The second-order valence-electron chi connectivity index (χ2n) is 6.70. The maximum absolute atomic E-state index is 11.4. The third-order valence-corrected chi connectivity index (χ3v) is 4.02. The standard InChI is InChI=1S/C17H19NO3/c1-16(2,3)13-12(14(19)20)21-15(18-13)17(9-10-17)11-7-5-4-6-8-11/h4-8H,9-10H2,1-3H3,(H,19,20). The van der Waals surface area contributed by atoms with Crippen LogP contribution in [-0.2, 0) is 10.8 Å². The second-order valence-corrected chi connectivity index (χ2v) is 6.70. The Kier molecular flexibility index (Phi) is 2.94. The van der Waals surface area contributed by atoms with Crippen LogP contribution in [0.15, 0.2) is 34.7 Å². The third kappa shape index (κ3) is 2.24. The van der Waals surface area contributed by atoms with Crippen LogP contribution in [0.5, 0.6) is 0 Å². The average molecular weight is 285 g/mol. The molecular formula is C17H19NO3. The van der Waals surface area contributed by atoms with E-state index in [9.17, 15) is 9.90 Å². The number of aromatic carboxylic acids is 1. The molecule has 2 aromatic rings. The van der Waals surface area contributed by atoms with Gasteiger partial charge in [-0.2, -0.15) is 0 Å². The Balaban J connectivity index is 2.11. The van der Waals surface area contributed by atoms with E-state index in [-0.39, 0.29) is 16.6 Å². The zero-order chi connectivity index (χ0) is 15.3. The largest absolute Gasteiger partial charge is 0.475 e. The maximum atomic E-state index is 11.4. The number of carbonyl (C=O) groups is 1. The van der Waals surface area contributed by atoms with Gasteiger partial charge in [0.05, 0.1) is 11.1 Å². The number of hydrogen-bond acceptors (Lipinski definition) is 3. The molecule has 0 aliphatic heterocycles. The Labute approximate surface area is 123 Å². The first-order chi connectivity index (χ1) is 9.84. The first-order valence-electron chi connectivity index (χ1n) is 7.15. The van der Waals surface area contributed by atoms with Crippen LogP contribution < -0.4 is 0 Å². The summed E-state index contributed by atoms with van der Waals surface area (Å²) in [4.78, 5) is 16.0. The van der Waals surface area contributed by atoms with Gasteiger partial charge in [0.25, 0.3) is 0 Å². The first-order valence-corrected chi connectivity index (χ1v) is 7.15. The summed E-state index contributed by atoms with van der Waals surface area (Å²) >= 11 is 0. The van der Waals surface area contributed by atoms with Crippen molar-refractivity contribution in [2.45, 2.75) is 44.4 Å². The van der Waals surface area contributed by atoms with Crippen molar-refractivity contribution in [3.05, 3.63) is 53.2 Å². The molecule has 0 amide bonds. The highest BCUT2D eigenvalue weighted by molar-refractivity contribution is 5.86. The summed E-state index contributed by atoms with van der Waals surface area (Å²) in [5.74, 6) is -0.543. The average Bonchev–Trinajstić information content (AvgIpc) is 3.10. The molecule has 1 aliphatic rings.